The number of rotatable bonds is 7. The van der Waals surface area contributed by atoms with Crippen LogP contribution in [0.1, 0.15) is 34.8 Å². The molecule has 1 fully saturated rings. The van der Waals surface area contributed by atoms with Crippen LogP contribution in [0, 0.1) is 5.82 Å². The van der Waals surface area contributed by atoms with Crippen molar-refractivity contribution >= 4 is 22.6 Å². The number of hydrogen-bond donors (Lipinski definition) is 2. The summed E-state index contributed by atoms with van der Waals surface area (Å²) >= 11 is 0. The molecule has 2 N–H and O–H groups in total. The minimum absolute atomic E-state index is 0.0348. The third kappa shape index (κ3) is 4.54. The number of amides is 1. The van der Waals surface area contributed by atoms with Crippen LogP contribution in [0.15, 0.2) is 54.6 Å². The summed E-state index contributed by atoms with van der Waals surface area (Å²) in [6, 6.07) is 16.4. The number of nitrogens with one attached hydrogen (secondary N) is 2. The lowest BCUT2D eigenvalue weighted by atomic mass is 10.1. The fourth-order valence-corrected chi connectivity index (χ4v) is 3.43. The first-order valence-electron chi connectivity index (χ1n) is 9.87. The summed E-state index contributed by atoms with van der Waals surface area (Å²) in [5.74, 6) is 0.345. The van der Waals surface area contributed by atoms with E-state index in [1.165, 1.54) is 12.1 Å². The molecular formula is C23H25FN4O. The third-order valence-corrected chi connectivity index (χ3v) is 5.23. The first kappa shape index (κ1) is 19.3. The van der Waals surface area contributed by atoms with Crippen LogP contribution in [-0.2, 0) is 0 Å². The van der Waals surface area contributed by atoms with Gasteiger partial charge in [0, 0.05) is 18.0 Å². The van der Waals surface area contributed by atoms with Crippen molar-refractivity contribution in [3.8, 4) is 0 Å². The van der Waals surface area contributed by atoms with Crippen LogP contribution < -0.4 is 10.6 Å². The maximum absolute atomic E-state index is 13.3. The van der Waals surface area contributed by atoms with Gasteiger partial charge in [-0.3, -0.25) is 4.79 Å². The molecule has 1 aromatic heterocycles. The molecule has 1 atom stereocenters. The molecule has 1 saturated carbocycles. The molecule has 2 aromatic carbocycles. The zero-order valence-electron chi connectivity index (χ0n) is 16.7. The number of pyridine rings is 1. The van der Waals surface area contributed by atoms with E-state index in [0.29, 0.717) is 24.0 Å². The van der Waals surface area contributed by atoms with Crippen molar-refractivity contribution in [2.75, 3.05) is 26.0 Å². The number of likely N-dealkylation sites (N-methyl/N-ethyl adjacent to an activating group) is 1. The van der Waals surface area contributed by atoms with Crippen LogP contribution in [0.2, 0.25) is 0 Å². The average molecular weight is 392 g/mol. The standard InChI is InChI=1S/C23H25FN4O/c1-28(2)21(15-7-9-16(24)10-8-15)14-25-22-13-19(23(29)26-17-11-12-17)18-5-3-4-6-20(18)27-22/h3-10,13,17,21H,11-12,14H2,1-2H3,(H,25,27)(H,26,29). The van der Waals surface area contributed by atoms with Gasteiger partial charge in [-0.1, -0.05) is 30.3 Å². The van der Waals surface area contributed by atoms with Crippen molar-refractivity contribution in [3.63, 3.8) is 0 Å². The average Bonchev–Trinajstić information content (AvgIpc) is 3.52. The van der Waals surface area contributed by atoms with E-state index in [4.69, 9.17) is 0 Å². The Bertz CT molecular complexity index is 1020. The molecule has 4 rings (SSSR count). The van der Waals surface area contributed by atoms with Crippen molar-refractivity contribution < 1.29 is 9.18 Å². The highest BCUT2D eigenvalue weighted by Crippen LogP contribution is 2.25. The number of carbonyl (C=O) groups is 1. The van der Waals surface area contributed by atoms with Crippen LogP contribution in [-0.4, -0.2) is 42.5 Å². The van der Waals surface area contributed by atoms with Crippen LogP contribution >= 0.6 is 0 Å². The molecule has 29 heavy (non-hydrogen) atoms. The van der Waals surface area contributed by atoms with Gasteiger partial charge in [-0.05, 0) is 56.8 Å². The van der Waals surface area contributed by atoms with Gasteiger partial charge in [-0.2, -0.15) is 0 Å². The second kappa shape index (κ2) is 8.17. The molecule has 1 unspecified atom stereocenters. The molecule has 0 aliphatic heterocycles. The number of halogens is 1. The summed E-state index contributed by atoms with van der Waals surface area (Å²) in [4.78, 5) is 19.5. The van der Waals surface area contributed by atoms with Crippen molar-refractivity contribution in [3.05, 3.63) is 71.5 Å². The largest absolute Gasteiger partial charge is 0.368 e. The number of benzene rings is 2. The summed E-state index contributed by atoms with van der Waals surface area (Å²) in [6.07, 6.45) is 2.09. The fourth-order valence-electron chi connectivity index (χ4n) is 3.43. The van der Waals surface area contributed by atoms with Gasteiger partial charge in [0.05, 0.1) is 17.1 Å². The van der Waals surface area contributed by atoms with E-state index in [-0.39, 0.29) is 17.8 Å². The smallest absolute Gasteiger partial charge is 0.252 e. The lowest BCUT2D eigenvalue weighted by Crippen LogP contribution is -2.28. The first-order valence-corrected chi connectivity index (χ1v) is 9.87. The Kier molecular flexibility index (Phi) is 5.45. The minimum atomic E-state index is -0.248. The van der Waals surface area contributed by atoms with Gasteiger partial charge in [0.1, 0.15) is 11.6 Å². The van der Waals surface area contributed by atoms with E-state index in [0.717, 1.165) is 29.3 Å². The Hall–Kier alpha value is -2.99. The second-order valence-corrected chi connectivity index (χ2v) is 7.73. The van der Waals surface area contributed by atoms with E-state index < -0.39 is 0 Å². The molecule has 1 amide bonds. The van der Waals surface area contributed by atoms with E-state index in [9.17, 15) is 9.18 Å². The lowest BCUT2D eigenvalue weighted by Gasteiger charge is -2.25. The van der Waals surface area contributed by atoms with Gasteiger partial charge in [-0.25, -0.2) is 9.37 Å². The van der Waals surface area contributed by atoms with Crippen LogP contribution in [0.5, 0.6) is 0 Å². The number of para-hydroxylation sites is 1. The zero-order chi connectivity index (χ0) is 20.4. The molecule has 0 bridgehead atoms. The lowest BCUT2D eigenvalue weighted by molar-refractivity contribution is 0.0952. The molecule has 1 aliphatic rings. The summed E-state index contributed by atoms with van der Waals surface area (Å²) in [5, 5.41) is 7.28. The SMILES string of the molecule is CN(C)C(CNc1cc(C(=O)NC2CC2)c2ccccc2n1)c1ccc(F)cc1. The normalized spacial score (nSPS) is 14.8. The molecule has 150 valence electrons. The minimum Gasteiger partial charge on any atom is -0.368 e. The Labute approximate surface area is 169 Å². The van der Waals surface area contributed by atoms with Crippen LogP contribution in [0.3, 0.4) is 0 Å². The van der Waals surface area contributed by atoms with Crippen molar-refractivity contribution in [2.45, 2.75) is 24.9 Å². The highest BCUT2D eigenvalue weighted by atomic mass is 19.1. The monoisotopic (exact) mass is 392 g/mol. The van der Waals surface area contributed by atoms with Gasteiger partial charge in [-0.15, -0.1) is 0 Å². The van der Waals surface area contributed by atoms with E-state index in [1.54, 1.807) is 12.1 Å². The molecule has 6 heteroatoms. The summed E-state index contributed by atoms with van der Waals surface area (Å²) in [5.41, 5.74) is 2.42. The molecular weight excluding hydrogens is 367 g/mol. The molecule has 3 aromatic rings. The highest BCUT2D eigenvalue weighted by molar-refractivity contribution is 6.07. The molecule has 1 aliphatic carbocycles. The number of aromatic nitrogens is 1. The number of carbonyl (C=O) groups excluding carboxylic acids is 1. The Morgan fingerprint density at radius 1 is 1.17 bits per heavy atom. The van der Waals surface area contributed by atoms with Gasteiger partial charge in [0.15, 0.2) is 0 Å². The molecule has 0 spiro atoms. The molecule has 5 nitrogen and oxygen atoms in total. The summed E-state index contributed by atoms with van der Waals surface area (Å²) in [6.45, 7) is 0.577. The zero-order valence-corrected chi connectivity index (χ0v) is 16.7. The van der Waals surface area contributed by atoms with Crippen LogP contribution in [0.4, 0.5) is 10.2 Å². The van der Waals surface area contributed by atoms with E-state index in [1.807, 2.05) is 44.4 Å². The topological polar surface area (TPSA) is 57.3 Å². The number of hydrogen-bond acceptors (Lipinski definition) is 4. The first-order chi connectivity index (χ1) is 14.0. The Morgan fingerprint density at radius 3 is 2.59 bits per heavy atom. The van der Waals surface area contributed by atoms with Gasteiger partial charge >= 0.3 is 0 Å². The quantitative estimate of drug-likeness (QED) is 0.639. The molecule has 1 heterocycles. The van der Waals surface area contributed by atoms with E-state index >= 15 is 0 Å². The van der Waals surface area contributed by atoms with Crippen molar-refractivity contribution in [1.29, 1.82) is 0 Å². The summed E-state index contributed by atoms with van der Waals surface area (Å²) in [7, 11) is 3.97. The van der Waals surface area contributed by atoms with Gasteiger partial charge in [0.2, 0.25) is 0 Å². The third-order valence-electron chi connectivity index (χ3n) is 5.23. The van der Waals surface area contributed by atoms with E-state index in [2.05, 4.69) is 20.5 Å². The molecule has 0 saturated heterocycles. The maximum atomic E-state index is 13.3. The van der Waals surface area contributed by atoms with Gasteiger partial charge < -0.3 is 15.5 Å². The van der Waals surface area contributed by atoms with Crippen molar-refractivity contribution in [1.82, 2.24) is 15.2 Å². The number of fused-ring (bicyclic) bond motifs is 1. The van der Waals surface area contributed by atoms with Crippen molar-refractivity contribution in [2.24, 2.45) is 0 Å². The second-order valence-electron chi connectivity index (χ2n) is 7.73. The van der Waals surface area contributed by atoms with Gasteiger partial charge in [0.25, 0.3) is 5.91 Å². The fraction of sp³-hybridized carbons (Fsp3) is 0.304. The predicted octanol–water partition coefficient (Wildman–Crippen LogP) is 3.98. The Morgan fingerprint density at radius 2 is 1.90 bits per heavy atom. The maximum Gasteiger partial charge on any atom is 0.252 e. The highest BCUT2D eigenvalue weighted by Gasteiger charge is 2.25. The summed E-state index contributed by atoms with van der Waals surface area (Å²) < 4.78 is 13.3. The Balaban J connectivity index is 1.59. The molecule has 0 radical (unpaired) electrons. The number of anilines is 1. The number of nitrogens with zero attached hydrogens (tertiary/aromatic N) is 2. The van der Waals surface area contributed by atoms with Crippen LogP contribution in [0.25, 0.3) is 10.9 Å². The predicted molar refractivity (Wildman–Crippen MR) is 114 cm³/mol.